The van der Waals surface area contributed by atoms with Crippen molar-refractivity contribution in [1.82, 2.24) is 10.6 Å². The van der Waals surface area contributed by atoms with Crippen LogP contribution in [0.15, 0.2) is 24.3 Å². The summed E-state index contributed by atoms with van der Waals surface area (Å²) < 4.78 is 10.8. The number of rotatable bonds is 5. The van der Waals surface area contributed by atoms with E-state index >= 15 is 0 Å². The molecule has 2 saturated heterocycles. The summed E-state index contributed by atoms with van der Waals surface area (Å²) in [6.07, 6.45) is 0.458. The summed E-state index contributed by atoms with van der Waals surface area (Å²) in [7, 11) is 0. The van der Waals surface area contributed by atoms with E-state index in [0.717, 1.165) is 45.0 Å². The lowest BCUT2D eigenvalue weighted by Gasteiger charge is -2.30. The van der Waals surface area contributed by atoms with Crippen LogP contribution in [0.25, 0.3) is 0 Å². The molecule has 25 heavy (non-hydrogen) atoms. The number of carbonyl (C=O) groups excluding carboxylic acids is 1. The van der Waals surface area contributed by atoms with Crippen LogP contribution in [-0.4, -0.2) is 58.0 Å². The Bertz CT molecular complexity index is 522. The number of hydrogen-bond donors (Lipinski definition) is 2. The minimum Gasteiger partial charge on any atom is -0.378 e. The van der Waals surface area contributed by atoms with E-state index in [0.29, 0.717) is 19.6 Å². The van der Waals surface area contributed by atoms with E-state index in [-0.39, 0.29) is 36.8 Å². The second kappa shape index (κ2) is 11.5. The molecule has 1 aromatic carbocycles. The summed E-state index contributed by atoms with van der Waals surface area (Å²) in [4.78, 5) is 14.5. The molecular weight excluding hydrogens is 365 g/mol. The molecule has 1 atom stereocenters. The molecule has 1 unspecified atom stereocenters. The number of nitrogens with one attached hydrogen (secondary N) is 2. The summed E-state index contributed by atoms with van der Waals surface area (Å²) in [6, 6.07) is 8.37. The minimum atomic E-state index is 0. The maximum absolute atomic E-state index is 12.1. The van der Waals surface area contributed by atoms with E-state index in [1.54, 1.807) is 0 Å². The molecule has 0 aromatic heterocycles. The summed E-state index contributed by atoms with van der Waals surface area (Å²) in [5.74, 6) is 0.0600. The maximum Gasteiger partial charge on any atom is 0.221 e. The van der Waals surface area contributed by atoms with Gasteiger partial charge in [0.05, 0.1) is 26.4 Å². The number of benzene rings is 1. The second-order valence-corrected chi connectivity index (χ2v) is 5.93. The number of nitrogens with zero attached hydrogens (tertiary/aromatic N) is 1. The van der Waals surface area contributed by atoms with Gasteiger partial charge in [-0.05, 0) is 11.6 Å². The Kier molecular flexibility index (Phi) is 10.2. The van der Waals surface area contributed by atoms with Crippen LogP contribution in [0, 0.1) is 0 Å². The van der Waals surface area contributed by atoms with Crippen molar-refractivity contribution < 1.29 is 14.3 Å². The Morgan fingerprint density at radius 3 is 2.64 bits per heavy atom. The Morgan fingerprint density at radius 1 is 1.16 bits per heavy atom. The minimum absolute atomic E-state index is 0. The molecule has 0 saturated carbocycles. The predicted octanol–water partition coefficient (Wildman–Crippen LogP) is 1.36. The van der Waals surface area contributed by atoms with Gasteiger partial charge in [-0.3, -0.25) is 4.79 Å². The van der Waals surface area contributed by atoms with E-state index in [2.05, 4.69) is 27.7 Å². The molecule has 0 aliphatic carbocycles. The van der Waals surface area contributed by atoms with E-state index in [1.165, 1.54) is 5.69 Å². The summed E-state index contributed by atoms with van der Waals surface area (Å²) in [6.45, 7) is 6.02. The van der Waals surface area contributed by atoms with Crippen LogP contribution in [-0.2, 0) is 20.8 Å². The molecule has 0 radical (unpaired) electrons. The van der Waals surface area contributed by atoms with Gasteiger partial charge in [0.15, 0.2) is 0 Å². The molecule has 2 aliphatic heterocycles. The molecule has 1 amide bonds. The first-order valence-electron chi connectivity index (χ1n) is 8.31. The van der Waals surface area contributed by atoms with Gasteiger partial charge in [0, 0.05) is 44.3 Å². The van der Waals surface area contributed by atoms with Crippen LogP contribution in [0.2, 0.25) is 0 Å². The topological polar surface area (TPSA) is 62.8 Å². The Morgan fingerprint density at radius 2 is 1.92 bits per heavy atom. The molecule has 2 fully saturated rings. The zero-order valence-corrected chi connectivity index (χ0v) is 15.9. The monoisotopic (exact) mass is 391 g/mol. The van der Waals surface area contributed by atoms with Crippen molar-refractivity contribution in [2.45, 2.75) is 19.0 Å². The van der Waals surface area contributed by atoms with Gasteiger partial charge in [-0.2, -0.15) is 0 Å². The van der Waals surface area contributed by atoms with Gasteiger partial charge in [-0.1, -0.05) is 18.2 Å². The number of anilines is 1. The summed E-state index contributed by atoms with van der Waals surface area (Å²) in [5, 5.41) is 6.34. The fourth-order valence-corrected chi connectivity index (χ4v) is 3.01. The predicted molar refractivity (Wildman–Crippen MR) is 103 cm³/mol. The lowest BCUT2D eigenvalue weighted by atomic mass is 10.1. The Labute approximate surface area is 161 Å². The van der Waals surface area contributed by atoms with Crippen molar-refractivity contribution in [2.75, 3.05) is 51.0 Å². The van der Waals surface area contributed by atoms with Crippen molar-refractivity contribution in [2.24, 2.45) is 0 Å². The second-order valence-electron chi connectivity index (χ2n) is 5.93. The van der Waals surface area contributed by atoms with Crippen LogP contribution in [0.3, 0.4) is 0 Å². The van der Waals surface area contributed by atoms with Crippen molar-refractivity contribution in [3.05, 3.63) is 29.8 Å². The smallest absolute Gasteiger partial charge is 0.221 e. The first-order chi connectivity index (χ1) is 11.3. The summed E-state index contributed by atoms with van der Waals surface area (Å²) >= 11 is 0. The quantitative estimate of drug-likeness (QED) is 0.793. The lowest BCUT2D eigenvalue weighted by Crippen LogP contribution is -2.44. The molecule has 0 spiro atoms. The fraction of sp³-hybridized carbons (Fsp3) is 0.588. The highest BCUT2D eigenvalue weighted by molar-refractivity contribution is 5.85. The van der Waals surface area contributed by atoms with E-state index in [1.807, 2.05) is 12.1 Å². The van der Waals surface area contributed by atoms with Crippen molar-refractivity contribution in [3.63, 3.8) is 0 Å². The third-order valence-electron chi connectivity index (χ3n) is 4.25. The van der Waals surface area contributed by atoms with Crippen LogP contribution in [0.4, 0.5) is 5.69 Å². The van der Waals surface area contributed by atoms with Gasteiger partial charge in [0.2, 0.25) is 5.91 Å². The number of amides is 1. The molecule has 2 heterocycles. The Hall–Kier alpha value is -1.05. The van der Waals surface area contributed by atoms with Crippen molar-refractivity contribution >= 4 is 36.4 Å². The first-order valence-corrected chi connectivity index (χ1v) is 8.31. The fourth-order valence-electron chi connectivity index (χ4n) is 3.01. The third kappa shape index (κ3) is 6.64. The van der Waals surface area contributed by atoms with Crippen LogP contribution >= 0.6 is 24.8 Å². The number of halogens is 2. The van der Waals surface area contributed by atoms with Crippen molar-refractivity contribution in [1.29, 1.82) is 0 Å². The van der Waals surface area contributed by atoms with Crippen LogP contribution in [0.5, 0.6) is 0 Å². The zero-order valence-electron chi connectivity index (χ0n) is 14.2. The Balaban J connectivity index is 0.00000156. The van der Waals surface area contributed by atoms with E-state index < -0.39 is 0 Å². The van der Waals surface area contributed by atoms with Gasteiger partial charge < -0.3 is 25.0 Å². The van der Waals surface area contributed by atoms with E-state index in [9.17, 15) is 4.79 Å². The average Bonchev–Trinajstić information content (AvgIpc) is 2.62. The van der Waals surface area contributed by atoms with Gasteiger partial charge in [-0.25, -0.2) is 0 Å². The van der Waals surface area contributed by atoms with E-state index in [4.69, 9.17) is 9.47 Å². The number of hydrogen-bond acceptors (Lipinski definition) is 5. The molecule has 142 valence electrons. The SMILES string of the molecule is Cl.Cl.O=C(CC1COCCN1)NCc1ccccc1N1CCOCC1. The maximum atomic E-state index is 12.1. The van der Waals surface area contributed by atoms with Crippen molar-refractivity contribution in [3.8, 4) is 0 Å². The normalized spacial score (nSPS) is 20.2. The van der Waals surface area contributed by atoms with Crippen LogP contribution < -0.4 is 15.5 Å². The lowest BCUT2D eigenvalue weighted by molar-refractivity contribution is -0.122. The largest absolute Gasteiger partial charge is 0.378 e. The average molecular weight is 392 g/mol. The highest BCUT2D eigenvalue weighted by atomic mass is 35.5. The molecule has 2 aliphatic rings. The molecule has 2 N–H and O–H groups in total. The van der Waals surface area contributed by atoms with Gasteiger partial charge >= 0.3 is 0 Å². The molecule has 1 aromatic rings. The number of para-hydroxylation sites is 1. The molecule has 8 heteroatoms. The summed E-state index contributed by atoms with van der Waals surface area (Å²) in [5.41, 5.74) is 2.34. The molecule has 6 nitrogen and oxygen atoms in total. The molecular formula is C17H27Cl2N3O3. The number of carbonyl (C=O) groups is 1. The van der Waals surface area contributed by atoms with Crippen LogP contribution in [0.1, 0.15) is 12.0 Å². The zero-order chi connectivity index (χ0) is 15.9. The third-order valence-corrected chi connectivity index (χ3v) is 4.25. The van der Waals surface area contributed by atoms with Gasteiger partial charge in [0.1, 0.15) is 0 Å². The highest BCUT2D eigenvalue weighted by Crippen LogP contribution is 2.21. The standard InChI is InChI=1S/C17H25N3O3.2ClH/c21-17(11-15-13-23-8-5-18-15)19-12-14-3-1-2-4-16(14)20-6-9-22-10-7-20;;/h1-4,15,18H,5-13H2,(H,19,21);2*1H. The highest BCUT2D eigenvalue weighted by Gasteiger charge is 2.18. The first kappa shape index (κ1) is 22.0. The van der Waals surface area contributed by atoms with Gasteiger partial charge in [-0.15, -0.1) is 24.8 Å². The molecule has 0 bridgehead atoms. The number of morpholine rings is 2. The number of ether oxygens (including phenoxy) is 2. The van der Waals surface area contributed by atoms with Gasteiger partial charge in [0.25, 0.3) is 0 Å². The molecule has 3 rings (SSSR count).